The first-order valence-corrected chi connectivity index (χ1v) is 6.08. The van der Waals surface area contributed by atoms with Crippen molar-refractivity contribution in [3.05, 3.63) is 36.1 Å². The van der Waals surface area contributed by atoms with E-state index in [4.69, 9.17) is 9.15 Å². The summed E-state index contributed by atoms with van der Waals surface area (Å²) in [5.41, 5.74) is 0.859. The summed E-state index contributed by atoms with van der Waals surface area (Å²) in [4.78, 5) is 11.2. The zero-order valence-corrected chi connectivity index (χ0v) is 10.6. The summed E-state index contributed by atoms with van der Waals surface area (Å²) in [6.45, 7) is 4.34. The van der Waals surface area contributed by atoms with Gasteiger partial charge in [0, 0.05) is 5.39 Å². The molecule has 0 saturated heterocycles. The SMILES string of the molecule is CCOC(=O)CNC(C)c1cc2ccccc2o1. The van der Waals surface area contributed by atoms with Crippen LogP contribution in [0.5, 0.6) is 0 Å². The Morgan fingerprint density at radius 3 is 2.94 bits per heavy atom. The maximum Gasteiger partial charge on any atom is 0.319 e. The predicted molar refractivity (Wildman–Crippen MR) is 69.3 cm³/mol. The van der Waals surface area contributed by atoms with Crippen molar-refractivity contribution >= 4 is 16.9 Å². The van der Waals surface area contributed by atoms with Crippen LogP contribution in [0.3, 0.4) is 0 Å². The third kappa shape index (κ3) is 2.90. The highest BCUT2D eigenvalue weighted by molar-refractivity contribution is 5.77. The Hall–Kier alpha value is -1.81. The Labute approximate surface area is 106 Å². The molecule has 0 aliphatic heterocycles. The molecule has 1 aromatic carbocycles. The van der Waals surface area contributed by atoms with Crippen molar-refractivity contribution in [1.82, 2.24) is 5.32 Å². The Morgan fingerprint density at radius 2 is 2.22 bits per heavy atom. The second kappa shape index (κ2) is 5.69. The molecule has 1 heterocycles. The molecule has 0 spiro atoms. The number of furan rings is 1. The molecule has 2 aromatic rings. The van der Waals surface area contributed by atoms with Crippen LogP contribution in [-0.4, -0.2) is 19.1 Å². The molecule has 1 N–H and O–H groups in total. The van der Waals surface area contributed by atoms with Crippen molar-refractivity contribution < 1.29 is 13.9 Å². The molecule has 0 aliphatic rings. The molecule has 0 amide bonds. The van der Waals surface area contributed by atoms with Gasteiger partial charge >= 0.3 is 5.97 Å². The second-order valence-corrected chi connectivity index (χ2v) is 4.09. The van der Waals surface area contributed by atoms with E-state index in [0.717, 1.165) is 16.7 Å². The van der Waals surface area contributed by atoms with Gasteiger partial charge in [0.2, 0.25) is 0 Å². The molecule has 0 bridgehead atoms. The predicted octanol–water partition coefficient (Wildman–Crippen LogP) is 2.65. The van der Waals surface area contributed by atoms with Gasteiger partial charge in [0.15, 0.2) is 0 Å². The van der Waals surface area contributed by atoms with Crippen LogP contribution in [0.4, 0.5) is 0 Å². The molecule has 0 aliphatic carbocycles. The van der Waals surface area contributed by atoms with Gasteiger partial charge in [0.1, 0.15) is 11.3 Å². The maximum absolute atomic E-state index is 11.2. The standard InChI is InChI=1S/C14H17NO3/c1-3-17-14(16)9-15-10(2)13-8-11-6-4-5-7-12(11)18-13/h4-8,10,15H,3,9H2,1-2H3. The molecule has 2 rings (SSSR count). The first-order valence-electron chi connectivity index (χ1n) is 6.08. The Balaban J connectivity index is 2.00. The van der Waals surface area contributed by atoms with E-state index in [9.17, 15) is 4.79 Å². The maximum atomic E-state index is 11.2. The largest absolute Gasteiger partial charge is 0.465 e. The van der Waals surface area contributed by atoms with Crippen LogP contribution in [0.25, 0.3) is 11.0 Å². The van der Waals surface area contributed by atoms with E-state index >= 15 is 0 Å². The number of rotatable bonds is 5. The third-order valence-corrected chi connectivity index (χ3v) is 2.73. The van der Waals surface area contributed by atoms with E-state index in [0.29, 0.717) is 6.61 Å². The number of carbonyl (C=O) groups is 1. The average Bonchev–Trinajstić information content (AvgIpc) is 2.80. The van der Waals surface area contributed by atoms with E-state index in [1.54, 1.807) is 6.92 Å². The molecule has 1 aromatic heterocycles. The van der Waals surface area contributed by atoms with Gasteiger partial charge in [-0.1, -0.05) is 18.2 Å². The van der Waals surface area contributed by atoms with Gasteiger partial charge in [0.05, 0.1) is 19.2 Å². The summed E-state index contributed by atoms with van der Waals surface area (Å²) < 4.78 is 10.6. The molecule has 0 radical (unpaired) electrons. The first kappa shape index (κ1) is 12.6. The summed E-state index contributed by atoms with van der Waals surface area (Å²) in [6.07, 6.45) is 0. The zero-order chi connectivity index (χ0) is 13.0. The van der Waals surface area contributed by atoms with Crippen molar-refractivity contribution in [2.75, 3.05) is 13.2 Å². The number of hydrogen-bond donors (Lipinski definition) is 1. The van der Waals surface area contributed by atoms with Crippen LogP contribution in [0.15, 0.2) is 34.7 Å². The lowest BCUT2D eigenvalue weighted by Gasteiger charge is -2.10. The number of hydrogen-bond acceptors (Lipinski definition) is 4. The number of fused-ring (bicyclic) bond motifs is 1. The van der Waals surface area contributed by atoms with Gasteiger partial charge in [0.25, 0.3) is 0 Å². The fraction of sp³-hybridized carbons (Fsp3) is 0.357. The van der Waals surface area contributed by atoms with Crippen LogP contribution >= 0.6 is 0 Å². The Bertz CT molecular complexity index is 500. The third-order valence-electron chi connectivity index (χ3n) is 2.73. The van der Waals surface area contributed by atoms with Gasteiger partial charge in [-0.05, 0) is 26.0 Å². The number of para-hydroxylation sites is 1. The molecule has 0 saturated carbocycles. The number of esters is 1. The summed E-state index contributed by atoms with van der Waals surface area (Å²) in [5, 5.41) is 4.14. The highest BCUT2D eigenvalue weighted by atomic mass is 16.5. The highest BCUT2D eigenvalue weighted by Crippen LogP contribution is 2.23. The molecule has 96 valence electrons. The molecular formula is C14H17NO3. The van der Waals surface area contributed by atoms with Gasteiger partial charge in [-0.25, -0.2) is 0 Å². The quantitative estimate of drug-likeness (QED) is 0.825. The van der Waals surface area contributed by atoms with Gasteiger partial charge in [-0.2, -0.15) is 0 Å². The van der Waals surface area contributed by atoms with E-state index in [1.807, 2.05) is 37.3 Å². The van der Waals surface area contributed by atoms with Gasteiger partial charge in [-0.3, -0.25) is 10.1 Å². The number of ether oxygens (including phenoxy) is 1. The first-order chi connectivity index (χ1) is 8.70. The average molecular weight is 247 g/mol. The van der Waals surface area contributed by atoms with Crippen molar-refractivity contribution in [2.24, 2.45) is 0 Å². The van der Waals surface area contributed by atoms with Gasteiger partial charge in [-0.15, -0.1) is 0 Å². The monoisotopic (exact) mass is 247 g/mol. The minimum absolute atomic E-state index is 0.0261. The van der Waals surface area contributed by atoms with Crippen molar-refractivity contribution in [3.63, 3.8) is 0 Å². The van der Waals surface area contributed by atoms with Crippen LogP contribution in [0, 0.1) is 0 Å². The minimum Gasteiger partial charge on any atom is -0.465 e. The lowest BCUT2D eigenvalue weighted by molar-refractivity contribution is -0.142. The van der Waals surface area contributed by atoms with Gasteiger partial charge < -0.3 is 9.15 Å². The van der Waals surface area contributed by atoms with Crippen molar-refractivity contribution in [3.8, 4) is 0 Å². The topological polar surface area (TPSA) is 51.5 Å². The van der Waals surface area contributed by atoms with E-state index in [1.165, 1.54) is 0 Å². The number of carbonyl (C=O) groups excluding carboxylic acids is 1. The summed E-state index contributed by atoms with van der Waals surface area (Å²) in [6, 6.07) is 9.79. The molecular weight excluding hydrogens is 230 g/mol. The van der Waals surface area contributed by atoms with Crippen LogP contribution in [-0.2, 0) is 9.53 Å². The van der Waals surface area contributed by atoms with Crippen LogP contribution < -0.4 is 5.32 Å². The lowest BCUT2D eigenvalue weighted by atomic mass is 10.2. The Morgan fingerprint density at radius 1 is 1.44 bits per heavy atom. The van der Waals surface area contributed by atoms with Crippen molar-refractivity contribution in [1.29, 1.82) is 0 Å². The fourth-order valence-electron chi connectivity index (χ4n) is 1.76. The van der Waals surface area contributed by atoms with Crippen molar-refractivity contribution in [2.45, 2.75) is 19.9 Å². The molecule has 18 heavy (non-hydrogen) atoms. The van der Waals surface area contributed by atoms with Crippen LogP contribution in [0.2, 0.25) is 0 Å². The highest BCUT2D eigenvalue weighted by Gasteiger charge is 2.12. The Kier molecular flexibility index (Phi) is 3.99. The summed E-state index contributed by atoms with van der Waals surface area (Å²) in [5.74, 6) is 0.570. The normalized spacial score (nSPS) is 12.6. The van der Waals surface area contributed by atoms with E-state index in [2.05, 4.69) is 5.32 Å². The fourth-order valence-corrected chi connectivity index (χ4v) is 1.76. The summed E-state index contributed by atoms with van der Waals surface area (Å²) >= 11 is 0. The second-order valence-electron chi connectivity index (χ2n) is 4.09. The molecule has 1 atom stereocenters. The lowest BCUT2D eigenvalue weighted by Crippen LogP contribution is -2.27. The molecule has 4 nitrogen and oxygen atoms in total. The summed E-state index contributed by atoms with van der Waals surface area (Å²) in [7, 11) is 0. The van der Waals surface area contributed by atoms with Crippen LogP contribution in [0.1, 0.15) is 25.6 Å². The van der Waals surface area contributed by atoms with E-state index < -0.39 is 0 Å². The number of benzene rings is 1. The molecule has 0 fully saturated rings. The minimum atomic E-state index is -0.250. The van der Waals surface area contributed by atoms with E-state index in [-0.39, 0.29) is 18.6 Å². The smallest absolute Gasteiger partial charge is 0.319 e. The number of nitrogens with one attached hydrogen (secondary N) is 1. The molecule has 4 heteroatoms. The zero-order valence-electron chi connectivity index (χ0n) is 10.6. The molecule has 1 unspecified atom stereocenters.